The summed E-state index contributed by atoms with van der Waals surface area (Å²) in [7, 11) is 2.09. The molecule has 0 spiro atoms. The predicted molar refractivity (Wildman–Crippen MR) is 104 cm³/mol. The van der Waals surface area contributed by atoms with Crippen molar-refractivity contribution >= 4 is 12.4 Å². The highest BCUT2D eigenvalue weighted by molar-refractivity contribution is 5.85. The van der Waals surface area contributed by atoms with Gasteiger partial charge in [0.25, 0.3) is 5.89 Å². The van der Waals surface area contributed by atoms with E-state index in [1.165, 1.54) is 5.56 Å². The molecule has 2 unspecified atom stereocenters. The lowest BCUT2D eigenvalue weighted by Gasteiger charge is -2.30. The average molecular weight is 381 g/mol. The highest BCUT2D eigenvalue weighted by Gasteiger charge is 2.27. The molecule has 2 atom stereocenters. The molecule has 2 aromatic rings. The van der Waals surface area contributed by atoms with Crippen molar-refractivity contribution in [3.05, 3.63) is 41.0 Å². The quantitative estimate of drug-likeness (QED) is 0.854. The van der Waals surface area contributed by atoms with E-state index in [1.54, 1.807) is 0 Å². The van der Waals surface area contributed by atoms with Gasteiger partial charge in [0.05, 0.1) is 6.04 Å². The number of likely N-dealkylation sites (N-methyl/N-ethyl adjacent to an activating group) is 1. The van der Waals surface area contributed by atoms with Gasteiger partial charge in [0.1, 0.15) is 5.75 Å². The molecular weight excluding hydrogens is 352 g/mol. The number of piperazine rings is 1. The fourth-order valence-electron chi connectivity index (χ4n) is 2.99. The molecule has 0 aliphatic carbocycles. The lowest BCUT2D eigenvalue weighted by molar-refractivity contribution is 0.172. The zero-order valence-corrected chi connectivity index (χ0v) is 17.0. The Kier molecular flexibility index (Phi) is 7.03. The molecule has 144 valence electrons. The third-order valence-corrected chi connectivity index (χ3v) is 4.80. The molecule has 1 saturated heterocycles. The second-order valence-electron chi connectivity index (χ2n) is 7.13. The summed E-state index contributed by atoms with van der Waals surface area (Å²) in [5.41, 5.74) is 2.36. The number of hydrogen-bond donors (Lipinski definition) is 1. The first-order valence-electron chi connectivity index (χ1n) is 8.97. The van der Waals surface area contributed by atoms with Gasteiger partial charge in [0.2, 0.25) is 0 Å². The molecule has 1 aromatic carbocycles. The molecule has 1 fully saturated rings. The van der Waals surface area contributed by atoms with Crippen LogP contribution in [0.4, 0.5) is 0 Å². The lowest BCUT2D eigenvalue weighted by Crippen LogP contribution is -2.44. The van der Waals surface area contributed by atoms with Crippen LogP contribution in [0.5, 0.6) is 5.75 Å². The zero-order chi connectivity index (χ0) is 18.0. The maximum absolute atomic E-state index is 6.12. The van der Waals surface area contributed by atoms with E-state index in [4.69, 9.17) is 9.26 Å². The first-order chi connectivity index (χ1) is 12.0. The maximum Gasteiger partial charge on any atom is 0.267 e. The zero-order valence-electron chi connectivity index (χ0n) is 16.2. The molecule has 3 rings (SSSR count). The third kappa shape index (κ3) is 4.55. The van der Waals surface area contributed by atoms with E-state index in [9.17, 15) is 0 Å². The van der Waals surface area contributed by atoms with E-state index < -0.39 is 0 Å². The molecular formula is C19H29ClN4O2. The summed E-state index contributed by atoms with van der Waals surface area (Å²) in [5, 5.41) is 7.55. The fourth-order valence-corrected chi connectivity index (χ4v) is 2.99. The second kappa shape index (κ2) is 8.84. The van der Waals surface area contributed by atoms with Crippen molar-refractivity contribution in [1.82, 2.24) is 20.4 Å². The van der Waals surface area contributed by atoms with Crippen LogP contribution in [0.2, 0.25) is 0 Å². The van der Waals surface area contributed by atoms with Crippen molar-refractivity contribution in [1.29, 1.82) is 0 Å². The minimum atomic E-state index is -0.288. The number of hydrogen-bond acceptors (Lipinski definition) is 6. The van der Waals surface area contributed by atoms with Crippen molar-refractivity contribution in [2.45, 2.75) is 45.8 Å². The first kappa shape index (κ1) is 20.7. The van der Waals surface area contributed by atoms with Crippen molar-refractivity contribution in [3.8, 4) is 5.75 Å². The first-order valence-corrected chi connectivity index (χ1v) is 8.97. The number of ether oxygens (including phenoxy) is 1. The van der Waals surface area contributed by atoms with Crippen LogP contribution in [0.3, 0.4) is 0 Å². The number of halogens is 1. The Hall–Kier alpha value is -1.63. The van der Waals surface area contributed by atoms with Crippen molar-refractivity contribution in [2.24, 2.45) is 0 Å². The maximum atomic E-state index is 6.12. The number of aryl methyl sites for hydroxylation is 1. The monoisotopic (exact) mass is 380 g/mol. The second-order valence-corrected chi connectivity index (χ2v) is 7.13. The molecule has 0 amide bonds. The van der Waals surface area contributed by atoms with Gasteiger partial charge in [-0.3, -0.25) is 4.90 Å². The van der Waals surface area contributed by atoms with E-state index in [-0.39, 0.29) is 24.6 Å². The molecule has 7 heteroatoms. The topological polar surface area (TPSA) is 63.4 Å². The number of aromatic nitrogens is 2. The molecule has 1 aliphatic heterocycles. The third-order valence-electron chi connectivity index (χ3n) is 4.80. The van der Waals surface area contributed by atoms with Gasteiger partial charge in [-0.05, 0) is 44.0 Å². The van der Waals surface area contributed by atoms with Crippen LogP contribution in [-0.2, 0) is 0 Å². The molecule has 6 nitrogen and oxygen atoms in total. The Labute approximate surface area is 161 Å². The minimum absolute atomic E-state index is 0. The van der Waals surface area contributed by atoms with Gasteiger partial charge in [-0.25, -0.2) is 0 Å². The van der Waals surface area contributed by atoms with Crippen LogP contribution in [0, 0.1) is 6.92 Å². The summed E-state index contributed by atoms with van der Waals surface area (Å²) >= 11 is 0. The van der Waals surface area contributed by atoms with Crippen LogP contribution >= 0.6 is 12.4 Å². The van der Waals surface area contributed by atoms with Crippen molar-refractivity contribution in [3.63, 3.8) is 0 Å². The van der Waals surface area contributed by atoms with Gasteiger partial charge >= 0.3 is 0 Å². The van der Waals surface area contributed by atoms with Crippen molar-refractivity contribution in [2.75, 3.05) is 26.7 Å². The van der Waals surface area contributed by atoms with Crippen LogP contribution < -0.4 is 10.1 Å². The van der Waals surface area contributed by atoms with Crippen LogP contribution in [-0.4, -0.2) is 41.7 Å². The van der Waals surface area contributed by atoms with Gasteiger partial charge in [-0.2, -0.15) is 4.98 Å². The highest BCUT2D eigenvalue weighted by Crippen LogP contribution is 2.29. The average Bonchev–Trinajstić information content (AvgIpc) is 3.07. The minimum Gasteiger partial charge on any atom is -0.481 e. The van der Waals surface area contributed by atoms with Gasteiger partial charge in [-0.15, -0.1) is 12.4 Å². The Morgan fingerprint density at radius 2 is 2.08 bits per heavy atom. The van der Waals surface area contributed by atoms with Gasteiger partial charge < -0.3 is 14.6 Å². The molecule has 1 aliphatic rings. The molecule has 1 aromatic heterocycles. The molecule has 0 saturated carbocycles. The normalized spacial score (nSPS) is 19.2. The van der Waals surface area contributed by atoms with Crippen LogP contribution in [0.1, 0.15) is 61.7 Å². The van der Waals surface area contributed by atoms with E-state index in [0.29, 0.717) is 17.6 Å². The Morgan fingerprint density at radius 3 is 2.77 bits per heavy atom. The van der Waals surface area contributed by atoms with Gasteiger partial charge in [0, 0.05) is 19.6 Å². The Bertz CT molecular complexity index is 719. The van der Waals surface area contributed by atoms with Crippen molar-refractivity contribution < 1.29 is 9.26 Å². The highest BCUT2D eigenvalue weighted by atomic mass is 35.5. The molecule has 0 radical (unpaired) electrons. The number of nitrogens with one attached hydrogen (secondary N) is 1. The fraction of sp³-hybridized carbons (Fsp3) is 0.579. The summed E-state index contributed by atoms with van der Waals surface area (Å²) in [6.07, 6.45) is -0.288. The SMILES string of the molecule is Cc1ccc(C(C)C)cc1OC(C)c1nc(C2CNCCN2C)no1.Cl. The standard InChI is InChI=1S/C19H28N4O2.ClH/c1-12(2)15-7-6-13(3)17(10-15)24-14(4)19-21-18(22-25-19)16-11-20-8-9-23(16)5;/h6-7,10,12,14,16,20H,8-9,11H2,1-5H3;1H. The number of rotatable bonds is 5. The summed E-state index contributed by atoms with van der Waals surface area (Å²) in [6.45, 7) is 11.1. The Balaban J connectivity index is 0.00000243. The number of benzene rings is 1. The van der Waals surface area contributed by atoms with E-state index >= 15 is 0 Å². The lowest BCUT2D eigenvalue weighted by atomic mass is 10.0. The van der Waals surface area contributed by atoms with E-state index in [2.05, 4.69) is 59.5 Å². The van der Waals surface area contributed by atoms with E-state index in [0.717, 1.165) is 30.9 Å². The van der Waals surface area contributed by atoms with E-state index in [1.807, 2.05) is 13.8 Å². The molecule has 0 bridgehead atoms. The summed E-state index contributed by atoms with van der Waals surface area (Å²) in [4.78, 5) is 6.83. The van der Waals surface area contributed by atoms with Crippen LogP contribution in [0.25, 0.3) is 0 Å². The smallest absolute Gasteiger partial charge is 0.267 e. The summed E-state index contributed by atoms with van der Waals surface area (Å²) < 4.78 is 11.6. The molecule has 1 N–H and O–H groups in total. The molecule has 2 heterocycles. The Morgan fingerprint density at radius 1 is 1.31 bits per heavy atom. The van der Waals surface area contributed by atoms with Gasteiger partial charge in [0.15, 0.2) is 11.9 Å². The number of nitrogens with zero attached hydrogens (tertiary/aromatic N) is 3. The molecule has 26 heavy (non-hydrogen) atoms. The van der Waals surface area contributed by atoms with Gasteiger partial charge in [-0.1, -0.05) is 31.1 Å². The van der Waals surface area contributed by atoms with Crippen LogP contribution in [0.15, 0.2) is 22.7 Å². The predicted octanol–water partition coefficient (Wildman–Crippen LogP) is 3.64. The summed E-state index contributed by atoms with van der Waals surface area (Å²) in [6, 6.07) is 6.49. The summed E-state index contributed by atoms with van der Waals surface area (Å²) in [5.74, 6) is 2.56. The largest absolute Gasteiger partial charge is 0.481 e.